The maximum atomic E-state index is 5.38. The van der Waals surface area contributed by atoms with Crippen LogP contribution in [0, 0.1) is 11.8 Å². The lowest BCUT2D eigenvalue weighted by Crippen LogP contribution is -1.96. The first-order valence-electron chi connectivity index (χ1n) is 4.84. The Labute approximate surface area is 104 Å². The monoisotopic (exact) mass is 283 g/mol. The van der Waals surface area contributed by atoms with Crippen molar-refractivity contribution in [1.29, 1.82) is 0 Å². The van der Waals surface area contributed by atoms with Crippen molar-refractivity contribution in [2.45, 2.75) is 6.42 Å². The van der Waals surface area contributed by atoms with Crippen LogP contribution in [0.5, 0.6) is 11.5 Å². The third kappa shape index (κ3) is 2.91. The molecule has 86 valence electrons. The first kappa shape index (κ1) is 12.9. The second-order valence-electron chi connectivity index (χ2n) is 3.00. The van der Waals surface area contributed by atoms with Gasteiger partial charge in [0.15, 0.2) is 5.75 Å². The van der Waals surface area contributed by atoms with Gasteiger partial charge in [-0.25, -0.2) is 0 Å². The molecule has 0 aliphatic heterocycles. The van der Waals surface area contributed by atoms with Crippen LogP contribution in [0.3, 0.4) is 0 Å². The van der Waals surface area contributed by atoms with Gasteiger partial charge < -0.3 is 15.2 Å². The summed E-state index contributed by atoms with van der Waals surface area (Å²) in [6.07, 6.45) is 0.673. The van der Waals surface area contributed by atoms with Crippen LogP contribution >= 0.6 is 15.9 Å². The van der Waals surface area contributed by atoms with Crippen molar-refractivity contribution in [3.63, 3.8) is 0 Å². The topological polar surface area (TPSA) is 44.5 Å². The quantitative estimate of drug-likeness (QED) is 0.865. The van der Waals surface area contributed by atoms with Gasteiger partial charge in [0.25, 0.3) is 0 Å². The number of ether oxygens (including phenoxy) is 2. The highest BCUT2D eigenvalue weighted by atomic mass is 79.9. The number of methoxy groups -OCH3 is 2. The van der Waals surface area contributed by atoms with Gasteiger partial charge in [-0.15, -0.1) is 0 Å². The Hall–Kier alpha value is -1.18. The molecule has 4 heteroatoms. The van der Waals surface area contributed by atoms with Gasteiger partial charge >= 0.3 is 0 Å². The molecule has 0 aliphatic rings. The minimum atomic E-state index is 0.562. The van der Waals surface area contributed by atoms with E-state index in [2.05, 4.69) is 27.8 Å². The molecule has 0 amide bonds. The van der Waals surface area contributed by atoms with Crippen molar-refractivity contribution in [2.75, 3.05) is 20.8 Å². The average molecular weight is 284 g/mol. The van der Waals surface area contributed by atoms with Crippen LogP contribution in [0.4, 0.5) is 0 Å². The molecule has 3 nitrogen and oxygen atoms in total. The van der Waals surface area contributed by atoms with E-state index in [0.717, 1.165) is 15.8 Å². The highest BCUT2D eigenvalue weighted by Gasteiger charge is 2.10. The molecule has 0 saturated carbocycles. The van der Waals surface area contributed by atoms with Gasteiger partial charge in [-0.1, -0.05) is 11.8 Å². The fourth-order valence-electron chi connectivity index (χ4n) is 1.22. The third-order valence-corrected chi connectivity index (χ3v) is 2.73. The van der Waals surface area contributed by atoms with E-state index in [0.29, 0.717) is 18.7 Å². The normalized spacial score (nSPS) is 9.25. The summed E-state index contributed by atoms with van der Waals surface area (Å²) >= 11 is 3.42. The van der Waals surface area contributed by atoms with Crippen LogP contribution < -0.4 is 15.2 Å². The lowest BCUT2D eigenvalue weighted by atomic mass is 10.2. The Kier molecular flexibility index (Phi) is 5.17. The lowest BCUT2D eigenvalue weighted by Gasteiger charge is -2.09. The van der Waals surface area contributed by atoms with Crippen LogP contribution in [-0.4, -0.2) is 20.8 Å². The molecule has 0 unspecified atom stereocenters. The van der Waals surface area contributed by atoms with E-state index in [1.54, 1.807) is 14.2 Å². The van der Waals surface area contributed by atoms with E-state index in [-0.39, 0.29) is 0 Å². The smallest absolute Gasteiger partial charge is 0.152 e. The van der Waals surface area contributed by atoms with Gasteiger partial charge in [0.1, 0.15) is 10.2 Å². The van der Waals surface area contributed by atoms with Crippen molar-refractivity contribution < 1.29 is 9.47 Å². The summed E-state index contributed by atoms with van der Waals surface area (Å²) in [7, 11) is 3.22. The average Bonchev–Trinajstić information content (AvgIpc) is 2.30. The molecule has 0 heterocycles. The SMILES string of the molecule is COc1ccc(C#CCCN)c(OC)c1Br. The molecule has 0 bridgehead atoms. The Morgan fingerprint density at radius 1 is 1.31 bits per heavy atom. The molecule has 0 radical (unpaired) electrons. The van der Waals surface area contributed by atoms with E-state index in [1.165, 1.54) is 0 Å². The Bertz CT molecular complexity index is 421. The maximum Gasteiger partial charge on any atom is 0.152 e. The molecule has 1 aromatic carbocycles. The predicted octanol–water partition coefficient (Wildman–Crippen LogP) is 2.17. The molecule has 0 spiro atoms. The van der Waals surface area contributed by atoms with Crippen LogP contribution in [-0.2, 0) is 0 Å². The molecular formula is C12H14BrNO2. The summed E-state index contributed by atoms with van der Waals surface area (Å²) in [5, 5.41) is 0. The van der Waals surface area contributed by atoms with Gasteiger partial charge in [-0.2, -0.15) is 0 Å². The molecule has 0 aromatic heterocycles. The Morgan fingerprint density at radius 2 is 2.06 bits per heavy atom. The first-order chi connectivity index (χ1) is 7.74. The number of hydrogen-bond acceptors (Lipinski definition) is 3. The van der Waals surface area contributed by atoms with E-state index in [4.69, 9.17) is 15.2 Å². The Morgan fingerprint density at radius 3 is 2.62 bits per heavy atom. The zero-order valence-corrected chi connectivity index (χ0v) is 10.9. The van der Waals surface area contributed by atoms with Crippen molar-refractivity contribution >= 4 is 15.9 Å². The molecule has 0 atom stereocenters. The van der Waals surface area contributed by atoms with Crippen molar-refractivity contribution in [3.05, 3.63) is 22.2 Å². The minimum absolute atomic E-state index is 0.562. The van der Waals surface area contributed by atoms with Crippen molar-refractivity contribution in [2.24, 2.45) is 5.73 Å². The Balaban J connectivity index is 3.12. The zero-order chi connectivity index (χ0) is 12.0. The standard InChI is InChI=1S/C12H14BrNO2/c1-15-10-7-6-9(5-3-4-8-14)12(16-2)11(10)13/h6-7H,4,8,14H2,1-2H3. The van der Waals surface area contributed by atoms with E-state index < -0.39 is 0 Å². The number of halogens is 1. The van der Waals surface area contributed by atoms with Gasteiger partial charge in [0.05, 0.1) is 19.8 Å². The lowest BCUT2D eigenvalue weighted by molar-refractivity contribution is 0.389. The summed E-state index contributed by atoms with van der Waals surface area (Å²) in [4.78, 5) is 0. The van der Waals surface area contributed by atoms with Crippen LogP contribution in [0.2, 0.25) is 0 Å². The number of benzene rings is 1. The van der Waals surface area contributed by atoms with Gasteiger partial charge in [-0.05, 0) is 28.1 Å². The fraction of sp³-hybridized carbons (Fsp3) is 0.333. The summed E-state index contributed by atoms with van der Waals surface area (Å²) in [6.45, 7) is 0.562. The number of nitrogens with two attached hydrogens (primary N) is 1. The van der Waals surface area contributed by atoms with Gasteiger partial charge in [-0.3, -0.25) is 0 Å². The molecule has 0 aliphatic carbocycles. The molecule has 1 aromatic rings. The molecular weight excluding hydrogens is 270 g/mol. The van der Waals surface area contributed by atoms with Crippen LogP contribution in [0.25, 0.3) is 0 Å². The molecule has 2 N–H and O–H groups in total. The van der Waals surface area contributed by atoms with E-state index in [1.807, 2.05) is 12.1 Å². The summed E-state index contributed by atoms with van der Waals surface area (Å²) in [5.74, 6) is 7.40. The third-order valence-electron chi connectivity index (χ3n) is 1.98. The van der Waals surface area contributed by atoms with Crippen molar-refractivity contribution in [3.8, 4) is 23.3 Å². The van der Waals surface area contributed by atoms with Crippen molar-refractivity contribution in [1.82, 2.24) is 0 Å². The molecule has 0 saturated heterocycles. The maximum absolute atomic E-state index is 5.38. The van der Waals surface area contributed by atoms with Crippen LogP contribution in [0.15, 0.2) is 16.6 Å². The number of rotatable bonds is 3. The van der Waals surface area contributed by atoms with Gasteiger partial charge in [0, 0.05) is 13.0 Å². The minimum Gasteiger partial charge on any atom is -0.495 e. The molecule has 16 heavy (non-hydrogen) atoms. The summed E-state index contributed by atoms with van der Waals surface area (Å²) in [5.41, 5.74) is 6.20. The molecule has 1 rings (SSSR count). The molecule has 0 fully saturated rings. The second-order valence-corrected chi connectivity index (χ2v) is 3.80. The summed E-state index contributed by atoms with van der Waals surface area (Å²) in [6, 6.07) is 3.71. The van der Waals surface area contributed by atoms with Crippen LogP contribution in [0.1, 0.15) is 12.0 Å². The van der Waals surface area contributed by atoms with E-state index in [9.17, 15) is 0 Å². The summed E-state index contributed by atoms with van der Waals surface area (Å²) < 4.78 is 11.2. The largest absolute Gasteiger partial charge is 0.495 e. The fourth-order valence-corrected chi connectivity index (χ4v) is 1.89. The van der Waals surface area contributed by atoms with E-state index >= 15 is 0 Å². The number of hydrogen-bond donors (Lipinski definition) is 1. The predicted molar refractivity (Wildman–Crippen MR) is 67.8 cm³/mol. The first-order valence-corrected chi connectivity index (χ1v) is 5.63. The second kappa shape index (κ2) is 6.41. The highest BCUT2D eigenvalue weighted by Crippen LogP contribution is 2.36. The zero-order valence-electron chi connectivity index (χ0n) is 9.34. The highest BCUT2D eigenvalue weighted by molar-refractivity contribution is 9.10. The van der Waals surface area contributed by atoms with Gasteiger partial charge in [0.2, 0.25) is 0 Å².